The zero-order valence-electron chi connectivity index (χ0n) is 9.34. The number of hydrogen-bond donors (Lipinski definition) is 0. The summed E-state index contributed by atoms with van der Waals surface area (Å²) < 4.78 is 0. The van der Waals surface area contributed by atoms with Gasteiger partial charge in [0.25, 0.3) is 0 Å². The molecule has 0 saturated carbocycles. The van der Waals surface area contributed by atoms with Crippen LogP contribution in [0.2, 0.25) is 0 Å². The molecule has 0 aliphatic carbocycles. The van der Waals surface area contributed by atoms with E-state index >= 15 is 0 Å². The zero-order chi connectivity index (χ0) is 10.4. The molecule has 0 unspecified atom stereocenters. The van der Waals surface area contributed by atoms with Gasteiger partial charge >= 0.3 is 0 Å². The van der Waals surface area contributed by atoms with Gasteiger partial charge in [-0.25, -0.2) is 0 Å². The summed E-state index contributed by atoms with van der Waals surface area (Å²) in [6, 6.07) is 8.78. The molecule has 0 heterocycles. The second-order valence-electron chi connectivity index (χ2n) is 3.76. The molecule has 0 radical (unpaired) electrons. The summed E-state index contributed by atoms with van der Waals surface area (Å²) in [5, 5.41) is 0. The summed E-state index contributed by atoms with van der Waals surface area (Å²) in [5.74, 6) is 0. The number of aryl methyl sites for hydroxylation is 1. The fourth-order valence-electron chi connectivity index (χ4n) is 1.51. The molecule has 0 spiro atoms. The van der Waals surface area contributed by atoms with Crippen LogP contribution in [-0.2, 0) is 6.42 Å². The molecule has 1 rings (SSSR count). The number of unbranched alkanes of at least 4 members (excludes halogenated alkanes) is 1. The fraction of sp³-hybridized carbons (Fsp3) is 0.429. The van der Waals surface area contributed by atoms with Gasteiger partial charge in [-0.15, -0.1) is 0 Å². The van der Waals surface area contributed by atoms with Crippen LogP contribution < -0.4 is 0 Å². The Morgan fingerprint density at radius 1 is 1.14 bits per heavy atom. The smallest absolute Gasteiger partial charge is 0.0230 e. The van der Waals surface area contributed by atoms with Crippen molar-refractivity contribution in [1.82, 2.24) is 0 Å². The Labute approximate surface area is 87.7 Å². The van der Waals surface area contributed by atoms with Gasteiger partial charge in [-0.2, -0.15) is 0 Å². The molecule has 0 nitrogen and oxygen atoms in total. The monoisotopic (exact) mass is 188 g/mol. The second-order valence-corrected chi connectivity index (χ2v) is 3.76. The molecule has 0 heteroatoms. The molecule has 1 aromatic carbocycles. The van der Waals surface area contributed by atoms with Crippen molar-refractivity contribution in [2.24, 2.45) is 0 Å². The van der Waals surface area contributed by atoms with Crippen LogP contribution in [-0.4, -0.2) is 0 Å². The highest BCUT2D eigenvalue weighted by Gasteiger charge is 1.97. The molecule has 0 bridgehead atoms. The maximum atomic E-state index is 4.12. The van der Waals surface area contributed by atoms with Crippen LogP contribution in [0.1, 0.15) is 44.2 Å². The lowest BCUT2D eigenvalue weighted by atomic mass is 10.0. The first-order valence-electron chi connectivity index (χ1n) is 5.55. The third-order valence-corrected chi connectivity index (χ3v) is 2.60. The minimum atomic E-state index is 1.11. The highest BCUT2D eigenvalue weighted by molar-refractivity contribution is 5.63. The third kappa shape index (κ3) is 3.02. The molecule has 0 aliphatic heterocycles. The number of benzene rings is 1. The SMILES string of the molecule is C=C(CCCC)c1ccc(CC)cc1. The van der Waals surface area contributed by atoms with Gasteiger partial charge in [-0.05, 0) is 36.0 Å². The summed E-state index contributed by atoms with van der Waals surface area (Å²) in [5.41, 5.74) is 3.97. The predicted octanol–water partition coefficient (Wildman–Crippen LogP) is 4.45. The predicted molar refractivity (Wildman–Crippen MR) is 64.4 cm³/mol. The summed E-state index contributed by atoms with van der Waals surface area (Å²) in [6.45, 7) is 8.52. The maximum Gasteiger partial charge on any atom is -0.0230 e. The molecular formula is C14H20. The molecule has 0 fully saturated rings. The van der Waals surface area contributed by atoms with Gasteiger partial charge in [-0.1, -0.05) is 51.1 Å². The average Bonchev–Trinajstić information content (AvgIpc) is 2.26. The van der Waals surface area contributed by atoms with Gasteiger partial charge in [0, 0.05) is 0 Å². The van der Waals surface area contributed by atoms with Crippen molar-refractivity contribution in [3.05, 3.63) is 42.0 Å². The lowest BCUT2D eigenvalue weighted by molar-refractivity contribution is 0.825. The van der Waals surface area contributed by atoms with Crippen LogP contribution in [0.15, 0.2) is 30.8 Å². The number of hydrogen-bond acceptors (Lipinski definition) is 0. The molecule has 0 N–H and O–H groups in total. The van der Waals surface area contributed by atoms with Crippen LogP contribution in [0.5, 0.6) is 0 Å². The third-order valence-electron chi connectivity index (χ3n) is 2.60. The summed E-state index contributed by atoms with van der Waals surface area (Å²) in [7, 11) is 0. The summed E-state index contributed by atoms with van der Waals surface area (Å²) >= 11 is 0. The first-order valence-corrected chi connectivity index (χ1v) is 5.55. The van der Waals surface area contributed by atoms with Crippen molar-refractivity contribution in [2.45, 2.75) is 39.5 Å². The van der Waals surface area contributed by atoms with Gasteiger partial charge in [0.1, 0.15) is 0 Å². The van der Waals surface area contributed by atoms with E-state index in [9.17, 15) is 0 Å². The van der Waals surface area contributed by atoms with Gasteiger partial charge in [0.05, 0.1) is 0 Å². The van der Waals surface area contributed by atoms with E-state index in [1.54, 1.807) is 0 Å². The standard InChI is InChI=1S/C14H20/c1-4-6-7-12(3)14-10-8-13(5-2)9-11-14/h8-11H,3-7H2,1-2H3. The van der Waals surface area contributed by atoms with Crippen LogP contribution in [0.3, 0.4) is 0 Å². The highest BCUT2D eigenvalue weighted by atomic mass is 14.0. The summed E-state index contributed by atoms with van der Waals surface area (Å²) in [4.78, 5) is 0. The normalized spacial score (nSPS) is 10.1. The van der Waals surface area contributed by atoms with Crippen LogP contribution in [0, 0.1) is 0 Å². The van der Waals surface area contributed by atoms with Crippen molar-refractivity contribution < 1.29 is 0 Å². The van der Waals surface area contributed by atoms with E-state index in [1.165, 1.54) is 29.5 Å². The lowest BCUT2D eigenvalue weighted by Crippen LogP contribution is -1.85. The van der Waals surface area contributed by atoms with E-state index in [0.717, 1.165) is 12.8 Å². The Bertz CT molecular complexity index is 279. The molecule has 0 atom stereocenters. The molecule has 0 saturated heterocycles. The van der Waals surface area contributed by atoms with Gasteiger partial charge in [-0.3, -0.25) is 0 Å². The van der Waals surface area contributed by atoms with E-state index in [4.69, 9.17) is 0 Å². The van der Waals surface area contributed by atoms with Crippen LogP contribution in [0.25, 0.3) is 5.57 Å². The number of allylic oxidation sites excluding steroid dienone is 1. The molecule has 76 valence electrons. The average molecular weight is 188 g/mol. The number of rotatable bonds is 5. The Morgan fingerprint density at radius 2 is 1.79 bits per heavy atom. The second kappa shape index (κ2) is 5.64. The van der Waals surface area contributed by atoms with E-state index in [-0.39, 0.29) is 0 Å². The summed E-state index contributed by atoms with van der Waals surface area (Å²) in [6.07, 6.45) is 4.73. The van der Waals surface area contributed by atoms with Crippen molar-refractivity contribution in [3.63, 3.8) is 0 Å². The molecule has 0 amide bonds. The first-order chi connectivity index (χ1) is 6.77. The van der Waals surface area contributed by atoms with Crippen LogP contribution in [0.4, 0.5) is 0 Å². The van der Waals surface area contributed by atoms with Gasteiger partial charge < -0.3 is 0 Å². The molecule has 0 aliphatic rings. The molecular weight excluding hydrogens is 168 g/mol. The van der Waals surface area contributed by atoms with Crippen molar-refractivity contribution in [3.8, 4) is 0 Å². The lowest BCUT2D eigenvalue weighted by Gasteiger charge is -2.05. The Kier molecular flexibility index (Phi) is 4.45. The van der Waals surface area contributed by atoms with Crippen molar-refractivity contribution in [2.75, 3.05) is 0 Å². The fourth-order valence-corrected chi connectivity index (χ4v) is 1.51. The Balaban J connectivity index is 2.62. The van der Waals surface area contributed by atoms with E-state index in [0.29, 0.717) is 0 Å². The van der Waals surface area contributed by atoms with Crippen molar-refractivity contribution >= 4 is 5.57 Å². The first kappa shape index (κ1) is 11.0. The molecule has 0 aromatic heterocycles. The topological polar surface area (TPSA) is 0 Å². The Hall–Kier alpha value is -1.04. The minimum Gasteiger partial charge on any atom is -0.0952 e. The minimum absolute atomic E-state index is 1.11. The van der Waals surface area contributed by atoms with Gasteiger partial charge in [0.2, 0.25) is 0 Å². The maximum absolute atomic E-state index is 4.12. The molecule has 1 aromatic rings. The van der Waals surface area contributed by atoms with Crippen LogP contribution >= 0.6 is 0 Å². The largest absolute Gasteiger partial charge is 0.0952 e. The molecule has 14 heavy (non-hydrogen) atoms. The van der Waals surface area contributed by atoms with Crippen molar-refractivity contribution in [1.29, 1.82) is 0 Å². The van der Waals surface area contributed by atoms with E-state index in [1.807, 2.05) is 0 Å². The van der Waals surface area contributed by atoms with E-state index in [2.05, 4.69) is 44.7 Å². The zero-order valence-corrected chi connectivity index (χ0v) is 9.34. The van der Waals surface area contributed by atoms with Gasteiger partial charge in [0.15, 0.2) is 0 Å². The Morgan fingerprint density at radius 3 is 2.29 bits per heavy atom. The van der Waals surface area contributed by atoms with E-state index < -0.39 is 0 Å². The quantitative estimate of drug-likeness (QED) is 0.640. The highest BCUT2D eigenvalue weighted by Crippen LogP contribution is 2.19.